The molecule has 0 saturated heterocycles. The number of aromatic nitrogens is 3. The predicted molar refractivity (Wildman–Crippen MR) is 218 cm³/mol. The number of fused-ring (bicyclic) bond motifs is 6. The molecule has 9 nitrogen and oxygen atoms in total. The largest absolute Gasteiger partial charge is 0.461 e. The van der Waals surface area contributed by atoms with Crippen molar-refractivity contribution in [2.75, 3.05) is 6.54 Å². The third-order valence-corrected chi connectivity index (χ3v) is 15.7. The summed E-state index contributed by atoms with van der Waals surface area (Å²) in [5.74, 6) is 3.35. The molecule has 302 valence electrons. The Morgan fingerprint density at radius 2 is 1.85 bits per heavy atom. The average molecular weight is 756 g/mol. The molecular weight excluding hydrogens is 687 g/mol. The second-order valence-corrected chi connectivity index (χ2v) is 19.2. The van der Waals surface area contributed by atoms with E-state index in [-0.39, 0.29) is 23.8 Å². The molecule has 1 amide bonds. The first kappa shape index (κ1) is 40.0. The number of aliphatic hydroxyl groups is 1. The number of carbonyl (C=O) groups is 2. The van der Waals surface area contributed by atoms with Crippen LogP contribution in [0.2, 0.25) is 0 Å². The number of imidazole rings is 1. The van der Waals surface area contributed by atoms with E-state index in [0.29, 0.717) is 42.4 Å². The molecule has 9 heteroatoms. The first-order chi connectivity index (χ1) is 26.4. The quantitative estimate of drug-likeness (QED) is 0.0993. The summed E-state index contributed by atoms with van der Waals surface area (Å²) in [6, 6.07) is 7.08. The van der Waals surface area contributed by atoms with Crippen molar-refractivity contribution in [3.05, 3.63) is 54.2 Å². The van der Waals surface area contributed by atoms with Gasteiger partial charge in [0.1, 0.15) is 12.1 Å². The summed E-state index contributed by atoms with van der Waals surface area (Å²) in [4.78, 5) is 37.5. The van der Waals surface area contributed by atoms with Gasteiger partial charge in [-0.1, -0.05) is 79.0 Å². The SMILES string of the molecule is CCC(=O)NC(Cc1c[nH]c2ccccc12)C(=O)O[C@H]1CC[C@]2(C)[C@H]3CC[C@]4(C)[C@@H](C(C)CCCC(C)C)CC[C@H]4[C@@H]3C[C@@H](NCCc3cnc[nH]3)[C@@]2(O)C1. The van der Waals surface area contributed by atoms with Crippen LogP contribution < -0.4 is 10.6 Å². The molecule has 7 rings (SSSR count). The van der Waals surface area contributed by atoms with Crippen molar-refractivity contribution in [1.29, 1.82) is 0 Å². The predicted octanol–water partition coefficient (Wildman–Crippen LogP) is 8.29. The maximum atomic E-state index is 14.1. The zero-order valence-corrected chi connectivity index (χ0v) is 34.5. The van der Waals surface area contributed by atoms with Gasteiger partial charge in [-0.15, -0.1) is 0 Å². The smallest absolute Gasteiger partial charge is 0.329 e. The van der Waals surface area contributed by atoms with Crippen molar-refractivity contribution < 1.29 is 19.4 Å². The lowest BCUT2D eigenvalue weighted by Crippen LogP contribution is -2.71. The Bertz CT molecular complexity index is 1760. The summed E-state index contributed by atoms with van der Waals surface area (Å²) in [6.07, 6.45) is 18.4. The molecule has 1 aromatic carbocycles. The zero-order chi connectivity index (χ0) is 39.0. The summed E-state index contributed by atoms with van der Waals surface area (Å²) in [5, 5.41) is 21.2. The number of rotatable bonds is 15. The van der Waals surface area contributed by atoms with Crippen LogP contribution in [0.15, 0.2) is 43.0 Å². The van der Waals surface area contributed by atoms with E-state index in [0.717, 1.165) is 72.1 Å². The standard InChI is InChI=1S/C46H69N5O4/c1-7-42(52)51-40(23-31-26-49-39-14-9-8-13-34(31)39)43(53)55-33-17-21-45(6)38-18-20-44(5)36(30(4)12-10-11-29(2)3)15-16-37(44)35(38)24-41(46(45,54)25-33)48-22-19-32-27-47-28-50-32/h8-9,13-14,26-30,33,35-38,40-41,48-49,54H,7,10-12,15-25H2,1-6H3,(H,47,50)(H,51,52)/t30?,33-,35-,36+,37-,38-,40?,41+,44+,45+,46-/m0/s1. The summed E-state index contributed by atoms with van der Waals surface area (Å²) in [6.45, 7) is 14.8. The van der Waals surface area contributed by atoms with E-state index in [1.54, 1.807) is 13.3 Å². The molecule has 3 aromatic rings. The number of nitrogens with one attached hydrogen (secondary N) is 4. The van der Waals surface area contributed by atoms with Crippen molar-refractivity contribution in [3.8, 4) is 0 Å². The molecule has 4 saturated carbocycles. The molecular formula is C46H69N5O4. The van der Waals surface area contributed by atoms with Crippen LogP contribution in [0, 0.1) is 46.3 Å². The fraction of sp³-hybridized carbons (Fsp3) is 0.717. The van der Waals surface area contributed by atoms with Gasteiger partial charge in [-0.3, -0.25) is 4.79 Å². The highest BCUT2D eigenvalue weighted by Gasteiger charge is 2.68. The van der Waals surface area contributed by atoms with Gasteiger partial charge in [0.05, 0.1) is 11.9 Å². The summed E-state index contributed by atoms with van der Waals surface area (Å²) < 4.78 is 6.37. The number of benzene rings is 1. The lowest BCUT2D eigenvalue weighted by Gasteiger charge is -2.66. The molecule has 4 fully saturated rings. The molecule has 0 radical (unpaired) electrons. The normalized spacial score (nSPS) is 34.1. The van der Waals surface area contributed by atoms with E-state index in [1.165, 1.54) is 38.5 Å². The second kappa shape index (κ2) is 16.4. The first-order valence-corrected chi connectivity index (χ1v) is 21.8. The molecule has 2 unspecified atom stereocenters. The van der Waals surface area contributed by atoms with E-state index in [9.17, 15) is 14.7 Å². The molecule has 5 N–H and O–H groups in total. The molecule has 4 aliphatic rings. The number of esters is 1. The van der Waals surface area contributed by atoms with Crippen LogP contribution in [0.5, 0.6) is 0 Å². The van der Waals surface area contributed by atoms with E-state index >= 15 is 0 Å². The summed E-state index contributed by atoms with van der Waals surface area (Å²) >= 11 is 0. The minimum atomic E-state index is -1.04. The van der Waals surface area contributed by atoms with Gasteiger partial charge < -0.3 is 30.4 Å². The van der Waals surface area contributed by atoms with Crippen LogP contribution in [0.25, 0.3) is 10.9 Å². The lowest BCUT2D eigenvalue weighted by molar-refractivity contribution is -0.237. The van der Waals surface area contributed by atoms with Gasteiger partial charge in [0, 0.05) is 72.7 Å². The second-order valence-electron chi connectivity index (χ2n) is 19.2. The van der Waals surface area contributed by atoms with Crippen molar-refractivity contribution in [3.63, 3.8) is 0 Å². The number of amides is 1. The van der Waals surface area contributed by atoms with Crippen molar-refractivity contribution in [2.24, 2.45) is 46.3 Å². The maximum Gasteiger partial charge on any atom is 0.329 e. The van der Waals surface area contributed by atoms with Gasteiger partial charge >= 0.3 is 5.97 Å². The topological polar surface area (TPSA) is 132 Å². The minimum Gasteiger partial charge on any atom is -0.461 e. The summed E-state index contributed by atoms with van der Waals surface area (Å²) in [7, 11) is 0. The molecule has 0 aliphatic heterocycles. The molecule has 2 heterocycles. The van der Waals surface area contributed by atoms with Gasteiger partial charge in [0.25, 0.3) is 0 Å². The van der Waals surface area contributed by atoms with E-state index < -0.39 is 23.7 Å². The van der Waals surface area contributed by atoms with Gasteiger partial charge in [0.15, 0.2) is 0 Å². The maximum absolute atomic E-state index is 14.1. The first-order valence-electron chi connectivity index (χ1n) is 21.8. The molecule has 0 bridgehead atoms. The molecule has 0 spiro atoms. The molecule has 11 atom stereocenters. The highest BCUT2D eigenvalue weighted by Crippen LogP contribution is 2.69. The average Bonchev–Trinajstić information content (AvgIpc) is 3.91. The fourth-order valence-electron chi connectivity index (χ4n) is 12.7. The Morgan fingerprint density at radius 1 is 1.04 bits per heavy atom. The Hall–Kier alpha value is -3.17. The van der Waals surface area contributed by atoms with Crippen LogP contribution in [0.1, 0.15) is 130 Å². The van der Waals surface area contributed by atoms with Crippen molar-refractivity contribution in [2.45, 2.75) is 155 Å². The lowest BCUT2D eigenvalue weighted by atomic mass is 9.42. The fourth-order valence-corrected chi connectivity index (χ4v) is 12.7. The highest BCUT2D eigenvalue weighted by atomic mass is 16.5. The van der Waals surface area contributed by atoms with Gasteiger partial charge in [0.2, 0.25) is 5.91 Å². The van der Waals surface area contributed by atoms with Crippen LogP contribution in [-0.2, 0) is 27.2 Å². The van der Waals surface area contributed by atoms with E-state index in [2.05, 4.69) is 60.2 Å². The Balaban J connectivity index is 1.10. The monoisotopic (exact) mass is 756 g/mol. The van der Waals surface area contributed by atoms with Crippen molar-refractivity contribution >= 4 is 22.8 Å². The third kappa shape index (κ3) is 7.78. The number of carbonyl (C=O) groups excluding carboxylic acids is 2. The van der Waals surface area contributed by atoms with Crippen molar-refractivity contribution in [1.82, 2.24) is 25.6 Å². The minimum absolute atomic E-state index is 0.116. The zero-order valence-electron chi connectivity index (χ0n) is 34.5. The van der Waals surface area contributed by atoms with Gasteiger partial charge in [-0.2, -0.15) is 0 Å². The third-order valence-electron chi connectivity index (χ3n) is 15.7. The van der Waals surface area contributed by atoms with E-state index in [4.69, 9.17) is 4.74 Å². The Morgan fingerprint density at radius 3 is 2.62 bits per heavy atom. The number of nitrogens with zero attached hydrogens (tertiary/aromatic N) is 1. The number of hydrogen-bond acceptors (Lipinski definition) is 6. The highest BCUT2D eigenvalue weighted by molar-refractivity contribution is 5.87. The number of aromatic amines is 2. The number of H-pyrrole nitrogens is 2. The van der Waals surface area contributed by atoms with Crippen LogP contribution in [0.4, 0.5) is 0 Å². The number of para-hydroxylation sites is 1. The number of ether oxygens (including phenoxy) is 1. The van der Waals surface area contributed by atoms with E-state index in [1.807, 2.05) is 36.7 Å². The van der Waals surface area contributed by atoms with Crippen LogP contribution in [0.3, 0.4) is 0 Å². The summed E-state index contributed by atoms with van der Waals surface area (Å²) in [5.41, 5.74) is 2.05. The van der Waals surface area contributed by atoms with Gasteiger partial charge in [-0.05, 0) is 97.5 Å². The van der Waals surface area contributed by atoms with Crippen LogP contribution in [-0.4, -0.2) is 62.3 Å². The molecule has 55 heavy (non-hydrogen) atoms. The Labute approximate surface area is 329 Å². The van der Waals surface area contributed by atoms with Crippen LogP contribution >= 0.6 is 0 Å². The van der Waals surface area contributed by atoms with Gasteiger partial charge in [-0.25, -0.2) is 9.78 Å². The molecule has 2 aromatic heterocycles. The Kier molecular flexibility index (Phi) is 11.9. The molecule has 4 aliphatic carbocycles. The number of hydrogen-bond donors (Lipinski definition) is 5.